The van der Waals surface area contributed by atoms with Crippen molar-refractivity contribution in [1.82, 2.24) is 0 Å². The number of hydrogen-bond donors (Lipinski definition) is 0. The molecule has 56 valence electrons. The third-order valence-corrected chi connectivity index (χ3v) is 2.05. The Kier molecular flexibility index (Phi) is 3.80. The first-order chi connectivity index (χ1) is 4.93. The van der Waals surface area contributed by atoms with Gasteiger partial charge in [-0.3, -0.25) is 0 Å². The van der Waals surface area contributed by atoms with E-state index in [0.29, 0.717) is 19.1 Å². The average Bonchev–Trinajstić information content (AvgIpc) is 2.41. The van der Waals surface area contributed by atoms with Gasteiger partial charge in [0, 0.05) is 10.8 Å². The van der Waals surface area contributed by atoms with Gasteiger partial charge in [-0.25, -0.2) is 0 Å². The Labute approximate surface area is 69.6 Å². The zero-order chi connectivity index (χ0) is 7.23. The maximum Gasteiger partial charge on any atom is 0.0809 e. The Bertz CT molecular complexity index is 162. The molecule has 1 aromatic heterocycles. The van der Waals surface area contributed by atoms with Crippen LogP contribution in [-0.2, 0) is 11.3 Å². The first-order valence-electron chi connectivity index (χ1n) is 3.09. The predicted molar refractivity (Wildman–Crippen MR) is 44.7 cm³/mol. The van der Waals surface area contributed by atoms with Gasteiger partial charge in [0.25, 0.3) is 0 Å². The molecule has 3 heteroatoms. The zero-order valence-corrected chi connectivity index (χ0v) is 7.12. The first kappa shape index (κ1) is 8.05. The number of alkyl halides is 1. The van der Waals surface area contributed by atoms with Crippen molar-refractivity contribution in [2.24, 2.45) is 0 Å². The van der Waals surface area contributed by atoms with Gasteiger partial charge < -0.3 is 4.74 Å². The summed E-state index contributed by atoms with van der Waals surface area (Å²) < 4.78 is 5.21. The molecule has 0 bridgehead atoms. The number of hydrogen-bond acceptors (Lipinski definition) is 2. The summed E-state index contributed by atoms with van der Waals surface area (Å²) in [5.41, 5.74) is 0. The van der Waals surface area contributed by atoms with Crippen molar-refractivity contribution in [3.8, 4) is 0 Å². The monoisotopic (exact) mass is 176 g/mol. The molecule has 0 amide bonds. The molecule has 0 aromatic carbocycles. The van der Waals surface area contributed by atoms with Crippen LogP contribution >= 0.6 is 22.9 Å². The van der Waals surface area contributed by atoms with Crippen molar-refractivity contribution < 1.29 is 4.74 Å². The minimum absolute atomic E-state index is 0.575. The summed E-state index contributed by atoms with van der Waals surface area (Å²) in [5, 5.41) is 2.04. The third kappa shape index (κ3) is 2.69. The molecule has 0 spiro atoms. The van der Waals surface area contributed by atoms with Gasteiger partial charge in [0.05, 0.1) is 13.2 Å². The van der Waals surface area contributed by atoms with Crippen molar-refractivity contribution >= 4 is 22.9 Å². The van der Waals surface area contributed by atoms with Crippen LogP contribution in [0, 0.1) is 0 Å². The summed E-state index contributed by atoms with van der Waals surface area (Å²) >= 11 is 7.13. The highest BCUT2D eigenvalue weighted by Crippen LogP contribution is 2.09. The summed E-state index contributed by atoms with van der Waals surface area (Å²) in [6.45, 7) is 1.34. The van der Waals surface area contributed by atoms with E-state index in [4.69, 9.17) is 16.3 Å². The van der Waals surface area contributed by atoms with Crippen LogP contribution in [0.25, 0.3) is 0 Å². The second-order valence-corrected chi connectivity index (χ2v) is 3.23. The maximum absolute atomic E-state index is 5.42. The molecule has 1 heterocycles. The fourth-order valence-corrected chi connectivity index (χ4v) is 1.37. The lowest BCUT2D eigenvalue weighted by Gasteiger charge is -1.96. The van der Waals surface area contributed by atoms with Crippen molar-refractivity contribution in [2.45, 2.75) is 6.61 Å². The molecule has 0 N–H and O–H groups in total. The average molecular weight is 177 g/mol. The van der Waals surface area contributed by atoms with Crippen LogP contribution in [0.2, 0.25) is 0 Å². The summed E-state index contributed by atoms with van der Waals surface area (Å²) in [5.74, 6) is 0.575. The van der Waals surface area contributed by atoms with E-state index in [1.54, 1.807) is 11.3 Å². The van der Waals surface area contributed by atoms with Crippen molar-refractivity contribution in [3.63, 3.8) is 0 Å². The quantitative estimate of drug-likeness (QED) is 0.506. The van der Waals surface area contributed by atoms with Crippen LogP contribution < -0.4 is 0 Å². The minimum Gasteiger partial charge on any atom is -0.375 e. The van der Waals surface area contributed by atoms with E-state index in [2.05, 4.69) is 6.07 Å². The van der Waals surface area contributed by atoms with Gasteiger partial charge in [0.1, 0.15) is 0 Å². The minimum atomic E-state index is 0.575. The maximum atomic E-state index is 5.42. The molecule has 0 saturated carbocycles. The summed E-state index contributed by atoms with van der Waals surface area (Å²) in [6.07, 6.45) is 0. The summed E-state index contributed by atoms with van der Waals surface area (Å²) in [7, 11) is 0. The molecule has 0 atom stereocenters. The summed E-state index contributed by atoms with van der Waals surface area (Å²) in [4.78, 5) is 1.25. The van der Waals surface area contributed by atoms with Gasteiger partial charge in [-0.15, -0.1) is 22.9 Å². The molecule has 0 unspecified atom stereocenters. The fraction of sp³-hybridized carbons (Fsp3) is 0.429. The van der Waals surface area contributed by atoms with E-state index in [-0.39, 0.29) is 0 Å². The smallest absolute Gasteiger partial charge is 0.0809 e. The first-order valence-corrected chi connectivity index (χ1v) is 4.51. The fourth-order valence-electron chi connectivity index (χ4n) is 0.622. The van der Waals surface area contributed by atoms with Crippen molar-refractivity contribution in [3.05, 3.63) is 22.4 Å². The van der Waals surface area contributed by atoms with Crippen LogP contribution in [0.15, 0.2) is 17.5 Å². The van der Waals surface area contributed by atoms with Crippen LogP contribution in [-0.4, -0.2) is 12.5 Å². The molecule has 0 aliphatic rings. The van der Waals surface area contributed by atoms with E-state index in [1.165, 1.54) is 4.88 Å². The van der Waals surface area contributed by atoms with Gasteiger partial charge in [-0.05, 0) is 11.4 Å². The SMILES string of the molecule is ClCCOCc1cccs1. The molecule has 0 aliphatic heterocycles. The number of ether oxygens (including phenoxy) is 1. The molecule has 1 nitrogen and oxygen atoms in total. The molecule has 10 heavy (non-hydrogen) atoms. The predicted octanol–water partition coefficient (Wildman–Crippen LogP) is 2.50. The standard InChI is InChI=1S/C7H9ClOS/c8-3-4-9-6-7-2-1-5-10-7/h1-2,5H,3-4,6H2. The van der Waals surface area contributed by atoms with E-state index in [0.717, 1.165) is 0 Å². The lowest BCUT2D eigenvalue weighted by Crippen LogP contribution is -1.93. The Hall–Kier alpha value is -0.0500. The van der Waals surface area contributed by atoms with E-state index in [9.17, 15) is 0 Å². The van der Waals surface area contributed by atoms with Crippen molar-refractivity contribution in [2.75, 3.05) is 12.5 Å². The van der Waals surface area contributed by atoms with Gasteiger partial charge in [0.15, 0.2) is 0 Å². The molecular weight excluding hydrogens is 168 g/mol. The van der Waals surface area contributed by atoms with Crippen molar-refractivity contribution in [1.29, 1.82) is 0 Å². The van der Waals surface area contributed by atoms with Crippen LogP contribution in [0.1, 0.15) is 4.88 Å². The molecular formula is C7H9ClOS. The second-order valence-electron chi connectivity index (χ2n) is 1.82. The van der Waals surface area contributed by atoms with Crippen LogP contribution in [0.5, 0.6) is 0 Å². The lowest BCUT2D eigenvalue weighted by atomic mass is 10.5. The molecule has 0 saturated heterocycles. The normalized spacial score (nSPS) is 10.1. The molecule has 1 aromatic rings. The zero-order valence-electron chi connectivity index (χ0n) is 5.55. The molecule has 0 aliphatic carbocycles. The van der Waals surface area contributed by atoms with E-state index < -0.39 is 0 Å². The molecule has 0 radical (unpaired) electrons. The van der Waals surface area contributed by atoms with Gasteiger partial charge >= 0.3 is 0 Å². The summed E-state index contributed by atoms with van der Waals surface area (Å²) in [6, 6.07) is 4.07. The molecule has 0 fully saturated rings. The van der Waals surface area contributed by atoms with Crippen LogP contribution in [0.3, 0.4) is 0 Å². The number of halogens is 1. The highest BCUT2D eigenvalue weighted by atomic mass is 35.5. The van der Waals surface area contributed by atoms with Crippen LogP contribution in [0.4, 0.5) is 0 Å². The van der Waals surface area contributed by atoms with E-state index in [1.807, 2.05) is 11.4 Å². The van der Waals surface area contributed by atoms with Gasteiger partial charge in [-0.1, -0.05) is 6.07 Å². The van der Waals surface area contributed by atoms with Gasteiger partial charge in [-0.2, -0.15) is 0 Å². The Balaban J connectivity index is 2.15. The Morgan fingerprint density at radius 3 is 3.10 bits per heavy atom. The van der Waals surface area contributed by atoms with Gasteiger partial charge in [0.2, 0.25) is 0 Å². The topological polar surface area (TPSA) is 9.23 Å². The molecule has 1 rings (SSSR count). The highest BCUT2D eigenvalue weighted by molar-refractivity contribution is 7.09. The Morgan fingerprint density at radius 1 is 1.60 bits per heavy atom. The largest absolute Gasteiger partial charge is 0.375 e. The third-order valence-electron chi connectivity index (χ3n) is 1.05. The number of rotatable bonds is 4. The second kappa shape index (κ2) is 4.72. The highest BCUT2D eigenvalue weighted by Gasteiger charge is 1.91. The van der Waals surface area contributed by atoms with E-state index >= 15 is 0 Å². The lowest BCUT2D eigenvalue weighted by molar-refractivity contribution is 0.138. The number of thiophene rings is 1. The Morgan fingerprint density at radius 2 is 2.50 bits per heavy atom.